The zero-order chi connectivity index (χ0) is 19.3. The molecule has 1 aliphatic heterocycles. The number of nitrogens with zero attached hydrogens (tertiary/aromatic N) is 4. The summed E-state index contributed by atoms with van der Waals surface area (Å²) in [5.41, 5.74) is 1.83. The van der Waals surface area contributed by atoms with Gasteiger partial charge in [0.05, 0.1) is 38.8 Å². The van der Waals surface area contributed by atoms with E-state index in [2.05, 4.69) is 20.3 Å². The Morgan fingerprint density at radius 2 is 2.07 bits per heavy atom. The maximum absolute atomic E-state index is 12.9. The maximum atomic E-state index is 12.9. The minimum Gasteiger partial charge on any atom is -0.494 e. The van der Waals surface area contributed by atoms with Crippen LogP contribution < -0.4 is 10.1 Å². The predicted octanol–water partition coefficient (Wildman–Crippen LogP) is 2.02. The second-order valence-corrected chi connectivity index (χ2v) is 6.58. The molecule has 28 heavy (non-hydrogen) atoms. The van der Waals surface area contributed by atoms with Crippen molar-refractivity contribution in [3.63, 3.8) is 0 Å². The summed E-state index contributed by atoms with van der Waals surface area (Å²) in [6, 6.07) is 9.23. The first-order valence-corrected chi connectivity index (χ1v) is 9.31. The number of amides is 1. The summed E-state index contributed by atoms with van der Waals surface area (Å²) in [7, 11) is 1.63. The Labute approximate surface area is 163 Å². The minimum absolute atomic E-state index is 0.267. The average molecular weight is 381 g/mol. The summed E-state index contributed by atoms with van der Waals surface area (Å²) in [4.78, 5) is 19.2. The van der Waals surface area contributed by atoms with E-state index in [0.29, 0.717) is 23.7 Å². The van der Waals surface area contributed by atoms with E-state index < -0.39 is 0 Å². The number of morpholine rings is 1. The molecule has 0 atom stereocenters. The number of para-hydroxylation sites is 1. The lowest BCUT2D eigenvalue weighted by molar-refractivity contribution is 0.0361. The predicted molar refractivity (Wildman–Crippen MR) is 106 cm³/mol. The Morgan fingerprint density at radius 3 is 2.82 bits per heavy atom. The van der Waals surface area contributed by atoms with Crippen LogP contribution in [0, 0.1) is 0 Å². The molecule has 1 saturated heterocycles. The number of carbonyl (C=O) groups is 1. The Hall–Kier alpha value is -2.97. The minimum atomic E-state index is -0.267. The number of anilines is 1. The molecule has 3 heterocycles. The molecular weight excluding hydrogens is 358 g/mol. The molecule has 1 aromatic carbocycles. The standard InChI is InChI=1S/C20H23N5O3/c1-27-17-6-2-5-16-18(20(26)22-15-4-3-7-21-14-15)23-25(19(16)17)9-8-24-10-12-28-13-11-24/h2-7,14H,8-13H2,1H3,(H,22,26). The van der Waals surface area contributed by atoms with Crippen molar-refractivity contribution in [2.75, 3.05) is 45.3 Å². The van der Waals surface area contributed by atoms with Gasteiger partial charge in [0, 0.05) is 31.2 Å². The fourth-order valence-corrected chi connectivity index (χ4v) is 3.39. The zero-order valence-electron chi connectivity index (χ0n) is 15.8. The fourth-order valence-electron chi connectivity index (χ4n) is 3.39. The van der Waals surface area contributed by atoms with Gasteiger partial charge in [0.25, 0.3) is 5.91 Å². The van der Waals surface area contributed by atoms with E-state index in [4.69, 9.17) is 9.47 Å². The SMILES string of the molecule is COc1cccc2c(C(=O)Nc3cccnc3)nn(CCN3CCOCC3)c12. The third-order valence-corrected chi connectivity index (χ3v) is 4.82. The number of nitrogens with one attached hydrogen (secondary N) is 1. The molecule has 3 aromatic rings. The fraction of sp³-hybridized carbons (Fsp3) is 0.350. The van der Waals surface area contributed by atoms with Crippen LogP contribution in [0.15, 0.2) is 42.7 Å². The zero-order valence-corrected chi connectivity index (χ0v) is 15.8. The Morgan fingerprint density at radius 1 is 1.21 bits per heavy atom. The van der Waals surface area contributed by atoms with Crippen LogP contribution in [0.3, 0.4) is 0 Å². The lowest BCUT2D eigenvalue weighted by atomic mass is 10.2. The van der Waals surface area contributed by atoms with Gasteiger partial charge in [-0.05, 0) is 18.2 Å². The van der Waals surface area contributed by atoms with Crippen molar-refractivity contribution < 1.29 is 14.3 Å². The van der Waals surface area contributed by atoms with Crippen LogP contribution in [0.4, 0.5) is 5.69 Å². The van der Waals surface area contributed by atoms with Crippen LogP contribution in [0.1, 0.15) is 10.5 Å². The Balaban J connectivity index is 1.64. The first kappa shape index (κ1) is 18.4. The largest absolute Gasteiger partial charge is 0.494 e. The molecular formula is C20H23N5O3. The van der Waals surface area contributed by atoms with Crippen molar-refractivity contribution >= 4 is 22.5 Å². The highest BCUT2D eigenvalue weighted by Crippen LogP contribution is 2.28. The second kappa shape index (κ2) is 8.37. The molecule has 8 nitrogen and oxygen atoms in total. The summed E-state index contributed by atoms with van der Waals surface area (Å²) in [6.45, 7) is 4.82. The number of carbonyl (C=O) groups excluding carboxylic acids is 1. The number of aromatic nitrogens is 3. The van der Waals surface area contributed by atoms with Crippen molar-refractivity contribution in [1.82, 2.24) is 19.7 Å². The van der Waals surface area contributed by atoms with Gasteiger partial charge in [0.2, 0.25) is 0 Å². The lowest BCUT2D eigenvalue weighted by Gasteiger charge is -2.26. The summed E-state index contributed by atoms with van der Waals surface area (Å²) in [5.74, 6) is 0.434. The van der Waals surface area contributed by atoms with Gasteiger partial charge in [-0.2, -0.15) is 5.10 Å². The van der Waals surface area contributed by atoms with Gasteiger partial charge in [-0.1, -0.05) is 12.1 Å². The van der Waals surface area contributed by atoms with Crippen molar-refractivity contribution in [1.29, 1.82) is 0 Å². The van der Waals surface area contributed by atoms with E-state index in [-0.39, 0.29) is 5.91 Å². The molecule has 2 aromatic heterocycles. The van der Waals surface area contributed by atoms with Gasteiger partial charge < -0.3 is 14.8 Å². The van der Waals surface area contributed by atoms with Crippen LogP contribution in [-0.4, -0.2) is 65.5 Å². The van der Waals surface area contributed by atoms with E-state index in [0.717, 1.165) is 43.8 Å². The first-order chi connectivity index (χ1) is 13.8. The summed E-state index contributed by atoms with van der Waals surface area (Å²) < 4.78 is 12.8. The lowest BCUT2D eigenvalue weighted by Crippen LogP contribution is -2.38. The number of pyridine rings is 1. The number of rotatable bonds is 6. The first-order valence-electron chi connectivity index (χ1n) is 9.31. The highest BCUT2D eigenvalue weighted by molar-refractivity contribution is 6.12. The normalized spacial score (nSPS) is 14.9. The summed E-state index contributed by atoms with van der Waals surface area (Å²) in [6.07, 6.45) is 3.27. The van der Waals surface area contributed by atoms with E-state index in [1.165, 1.54) is 0 Å². The average Bonchev–Trinajstić information content (AvgIpc) is 3.13. The number of benzene rings is 1. The van der Waals surface area contributed by atoms with E-state index in [1.807, 2.05) is 22.9 Å². The highest BCUT2D eigenvalue weighted by atomic mass is 16.5. The van der Waals surface area contributed by atoms with Crippen molar-refractivity contribution in [3.05, 3.63) is 48.4 Å². The van der Waals surface area contributed by atoms with E-state index in [1.54, 1.807) is 31.6 Å². The van der Waals surface area contributed by atoms with Crippen molar-refractivity contribution in [3.8, 4) is 5.75 Å². The van der Waals surface area contributed by atoms with Gasteiger partial charge in [-0.15, -0.1) is 0 Å². The second-order valence-electron chi connectivity index (χ2n) is 6.58. The molecule has 1 aliphatic rings. The van der Waals surface area contributed by atoms with Gasteiger partial charge in [-0.25, -0.2) is 0 Å². The third kappa shape index (κ3) is 3.83. The smallest absolute Gasteiger partial charge is 0.276 e. The molecule has 4 rings (SSSR count). The van der Waals surface area contributed by atoms with Gasteiger partial charge in [-0.3, -0.25) is 19.4 Å². The van der Waals surface area contributed by atoms with Crippen LogP contribution in [0.25, 0.3) is 10.9 Å². The molecule has 0 spiro atoms. The molecule has 0 unspecified atom stereocenters. The van der Waals surface area contributed by atoms with Crippen LogP contribution in [-0.2, 0) is 11.3 Å². The molecule has 0 bridgehead atoms. The highest BCUT2D eigenvalue weighted by Gasteiger charge is 2.21. The van der Waals surface area contributed by atoms with Crippen LogP contribution in [0.2, 0.25) is 0 Å². The van der Waals surface area contributed by atoms with Crippen LogP contribution >= 0.6 is 0 Å². The van der Waals surface area contributed by atoms with Gasteiger partial charge >= 0.3 is 0 Å². The number of fused-ring (bicyclic) bond motifs is 1. The number of ether oxygens (including phenoxy) is 2. The van der Waals surface area contributed by atoms with E-state index in [9.17, 15) is 4.79 Å². The summed E-state index contributed by atoms with van der Waals surface area (Å²) in [5, 5.41) is 8.25. The number of hydrogen-bond acceptors (Lipinski definition) is 6. The third-order valence-electron chi connectivity index (χ3n) is 4.82. The Bertz CT molecular complexity index is 951. The van der Waals surface area contributed by atoms with Crippen molar-refractivity contribution in [2.24, 2.45) is 0 Å². The summed E-state index contributed by atoms with van der Waals surface area (Å²) >= 11 is 0. The maximum Gasteiger partial charge on any atom is 0.276 e. The van der Waals surface area contributed by atoms with Crippen molar-refractivity contribution in [2.45, 2.75) is 6.54 Å². The topological polar surface area (TPSA) is 81.5 Å². The molecule has 1 amide bonds. The Kier molecular flexibility index (Phi) is 5.50. The number of hydrogen-bond donors (Lipinski definition) is 1. The number of methoxy groups -OCH3 is 1. The van der Waals surface area contributed by atoms with E-state index >= 15 is 0 Å². The molecule has 0 aliphatic carbocycles. The quantitative estimate of drug-likeness (QED) is 0.704. The molecule has 1 fully saturated rings. The molecule has 0 radical (unpaired) electrons. The van der Waals surface area contributed by atoms with Gasteiger partial charge in [0.15, 0.2) is 5.69 Å². The molecule has 0 saturated carbocycles. The molecule has 8 heteroatoms. The van der Waals surface area contributed by atoms with Gasteiger partial charge in [0.1, 0.15) is 11.3 Å². The van der Waals surface area contributed by atoms with Crippen LogP contribution in [0.5, 0.6) is 5.75 Å². The molecule has 1 N–H and O–H groups in total. The molecule has 146 valence electrons. The monoisotopic (exact) mass is 381 g/mol.